The van der Waals surface area contributed by atoms with Crippen LogP contribution in [0.4, 0.5) is 0 Å². The lowest BCUT2D eigenvalue weighted by Gasteiger charge is -2.32. The summed E-state index contributed by atoms with van der Waals surface area (Å²) in [5, 5.41) is 0. The van der Waals surface area contributed by atoms with Crippen molar-refractivity contribution >= 4 is 23.4 Å². The highest BCUT2D eigenvalue weighted by atomic mass is 32.2. The zero-order valence-corrected chi connectivity index (χ0v) is 15.3. The molecule has 0 unspecified atom stereocenters. The zero-order valence-electron chi connectivity index (χ0n) is 14.5. The van der Waals surface area contributed by atoms with Crippen LogP contribution in [-0.2, 0) is 26.7 Å². The Hall–Kier alpha value is -0.685. The van der Waals surface area contributed by atoms with Crippen molar-refractivity contribution in [3.63, 3.8) is 0 Å². The van der Waals surface area contributed by atoms with Crippen LogP contribution in [0.2, 0.25) is 0 Å². The molecule has 6 heteroatoms. The van der Waals surface area contributed by atoms with Crippen LogP contribution < -0.4 is 5.46 Å². The molecular weight excluding hydrogens is 309 g/mol. The first kappa shape index (κ1) is 17.1. The molecule has 0 atom stereocenters. The summed E-state index contributed by atoms with van der Waals surface area (Å²) in [6.45, 7) is 11.0. The predicted octanol–water partition coefficient (Wildman–Crippen LogP) is 1.55. The molecule has 0 aromatic heterocycles. The Morgan fingerprint density at radius 2 is 1.65 bits per heavy atom. The number of rotatable bonds is 3. The maximum absolute atomic E-state index is 11.5. The van der Waals surface area contributed by atoms with Gasteiger partial charge in [-0.2, -0.15) is 0 Å². The summed E-state index contributed by atoms with van der Waals surface area (Å²) >= 11 is 0. The first-order valence-electron chi connectivity index (χ1n) is 8.29. The van der Waals surface area contributed by atoms with Crippen LogP contribution >= 0.6 is 0 Å². The summed E-state index contributed by atoms with van der Waals surface area (Å²) in [4.78, 5) is 2.37. The molecule has 3 rings (SSSR count). The quantitative estimate of drug-likeness (QED) is 0.786. The molecular formula is C17H26BNO3S. The molecule has 1 aromatic rings. The van der Waals surface area contributed by atoms with Gasteiger partial charge in [0.15, 0.2) is 0 Å². The van der Waals surface area contributed by atoms with Gasteiger partial charge < -0.3 is 9.31 Å². The second-order valence-electron chi connectivity index (χ2n) is 7.41. The molecule has 2 heterocycles. The lowest BCUT2D eigenvalue weighted by atomic mass is 9.76. The van der Waals surface area contributed by atoms with Crippen LogP contribution in [0, 0.1) is 0 Å². The molecule has 0 radical (unpaired) electrons. The highest BCUT2D eigenvalue weighted by Crippen LogP contribution is 2.36. The van der Waals surface area contributed by atoms with Gasteiger partial charge in [-0.1, -0.05) is 24.3 Å². The van der Waals surface area contributed by atoms with Crippen LogP contribution in [0.25, 0.3) is 0 Å². The molecule has 2 aliphatic heterocycles. The predicted molar refractivity (Wildman–Crippen MR) is 95.3 cm³/mol. The normalized spacial score (nSPS) is 25.0. The molecule has 0 saturated carbocycles. The molecule has 0 bridgehead atoms. The van der Waals surface area contributed by atoms with Crippen molar-refractivity contribution in [3.05, 3.63) is 29.8 Å². The van der Waals surface area contributed by atoms with Gasteiger partial charge in [0.2, 0.25) is 0 Å². The summed E-state index contributed by atoms with van der Waals surface area (Å²) in [5.74, 6) is 1.55. The SMILES string of the molecule is CC1(C)OB(c2ccccc2CN2CCS(=O)CC2)OC1(C)C. The van der Waals surface area contributed by atoms with Gasteiger partial charge in [-0.25, -0.2) is 0 Å². The summed E-state index contributed by atoms with van der Waals surface area (Å²) in [6.07, 6.45) is 0. The van der Waals surface area contributed by atoms with Crippen LogP contribution in [-0.4, -0.2) is 52.0 Å². The lowest BCUT2D eigenvalue weighted by Crippen LogP contribution is -2.41. The molecule has 0 N–H and O–H groups in total. The molecule has 0 spiro atoms. The van der Waals surface area contributed by atoms with Gasteiger partial charge in [-0.15, -0.1) is 0 Å². The minimum Gasteiger partial charge on any atom is -0.399 e. The average Bonchev–Trinajstić information content (AvgIpc) is 2.70. The Bertz CT molecular complexity index is 579. The van der Waals surface area contributed by atoms with Crippen molar-refractivity contribution < 1.29 is 13.5 Å². The standard InChI is InChI=1S/C17H26BNO3S/c1-16(2)17(3,4)22-18(21-16)15-8-6-5-7-14(15)13-19-9-11-23(20)12-10-19/h5-8H,9-13H2,1-4H3. The number of hydrogen-bond donors (Lipinski definition) is 0. The third-order valence-corrected chi connectivity index (χ3v) is 6.50. The van der Waals surface area contributed by atoms with Crippen LogP contribution in [0.5, 0.6) is 0 Å². The Morgan fingerprint density at radius 1 is 1.09 bits per heavy atom. The molecule has 0 amide bonds. The van der Waals surface area contributed by atoms with Gasteiger partial charge in [0.25, 0.3) is 0 Å². The van der Waals surface area contributed by atoms with Gasteiger partial charge in [0.1, 0.15) is 0 Å². The maximum atomic E-state index is 11.5. The van der Waals surface area contributed by atoms with Crippen molar-refractivity contribution in [2.45, 2.75) is 45.4 Å². The largest absolute Gasteiger partial charge is 0.495 e. The molecule has 4 nitrogen and oxygen atoms in total. The Morgan fingerprint density at radius 3 is 2.26 bits per heavy atom. The van der Waals surface area contributed by atoms with Gasteiger partial charge in [0.05, 0.1) is 11.2 Å². The van der Waals surface area contributed by atoms with Crippen molar-refractivity contribution in [1.82, 2.24) is 4.90 Å². The second-order valence-corrected chi connectivity index (χ2v) is 9.11. The molecule has 2 fully saturated rings. The smallest absolute Gasteiger partial charge is 0.399 e. The number of nitrogens with zero attached hydrogens (tertiary/aromatic N) is 1. The fourth-order valence-electron chi connectivity index (χ4n) is 2.95. The van der Waals surface area contributed by atoms with E-state index in [1.807, 2.05) is 6.07 Å². The topological polar surface area (TPSA) is 38.8 Å². The first-order chi connectivity index (χ1) is 10.8. The summed E-state index contributed by atoms with van der Waals surface area (Å²) in [5.41, 5.74) is 1.69. The molecule has 2 saturated heterocycles. The Labute approximate surface area is 142 Å². The van der Waals surface area contributed by atoms with E-state index in [0.29, 0.717) is 0 Å². The van der Waals surface area contributed by atoms with Crippen molar-refractivity contribution in [3.8, 4) is 0 Å². The molecule has 1 aromatic carbocycles. The van der Waals surface area contributed by atoms with E-state index in [9.17, 15) is 4.21 Å². The van der Waals surface area contributed by atoms with Gasteiger partial charge in [-0.05, 0) is 38.7 Å². The Balaban J connectivity index is 1.78. The van der Waals surface area contributed by atoms with E-state index in [4.69, 9.17) is 9.31 Å². The average molecular weight is 335 g/mol. The third kappa shape index (κ3) is 3.55. The number of benzene rings is 1. The minimum atomic E-state index is -0.638. The van der Waals surface area contributed by atoms with E-state index in [1.165, 1.54) is 5.56 Å². The Kier molecular flexibility index (Phi) is 4.71. The minimum absolute atomic E-state index is 0.324. The van der Waals surface area contributed by atoms with E-state index in [-0.39, 0.29) is 18.3 Å². The highest BCUT2D eigenvalue weighted by molar-refractivity contribution is 7.85. The molecule has 2 aliphatic rings. The summed E-state index contributed by atoms with van der Waals surface area (Å²) in [6, 6.07) is 8.34. The van der Waals surface area contributed by atoms with Gasteiger partial charge >= 0.3 is 7.12 Å². The zero-order chi connectivity index (χ0) is 16.7. The molecule has 23 heavy (non-hydrogen) atoms. The van der Waals surface area contributed by atoms with Gasteiger partial charge in [-0.3, -0.25) is 9.11 Å². The number of hydrogen-bond acceptors (Lipinski definition) is 4. The summed E-state index contributed by atoms with van der Waals surface area (Å²) < 4.78 is 23.9. The van der Waals surface area contributed by atoms with Crippen molar-refractivity contribution in [2.24, 2.45) is 0 Å². The van der Waals surface area contributed by atoms with E-state index in [1.54, 1.807) is 0 Å². The fourth-order valence-corrected chi connectivity index (χ4v) is 4.08. The van der Waals surface area contributed by atoms with E-state index >= 15 is 0 Å². The van der Waals surface area contributed by atoms with E-state index in [2.05, 4.69) is 50.8 Å². The summed E-state index contributed by atoms with van der Waals surface area (Å²) in [7, 11) is -0.962. The first-order valence-corrected chi connectivity index (χ1v) is 9.78. The molecule has 0 aliphatic carbocycles. The highest BCUT2D eigenvalue weighted by Gasteiger charge is 2.52. The van der Waals surface area contributed by atoms with Gasteiger partial charge in [0, 0.05) is 41.9 Å². The van der Waals surface area contributed by atoms with Crippen LogP contribution in [0.1, 0.15) is 33.3 Å². The third-order valence-electron chi connectivity index (χ3n) is 5.23. The van der Waals surface area contributed by atoms with Crippen molar-refractivity contribution in [2.75, 3.05) is 24.6 Å². The van der Waals surface area contributed by atoms with Crippen LogP contribution in [0.3, 0.4) is 0 Å². The maximum Gasteiger partial charge on any atom is 0.495 e. The van der Waals surface area contributed by atoms with Crippen LogP contribution in [0.15, 0.2) is 24.3 Å². The van der Waals surface area contributed by atoms with E-state index < -0.39 is 10.8 Å². The molecule has 126 valence electrons. The van der Waals surface area contributed by atoms with Crippen molar-refractivity contribution in [1.29, 1.82) is 0 Å². The fraction of sp³-hybridized carbons (Fsp3) is 0.647. The monoisotopic (exact) mass is 335 g/mol. The lowest BCUT2D eigenvalue weighted by molar-refractivity contribution is 0.00578. The van der Waals surface area contributed by atoms with E-state index in [0.717, 1.165) is 36.6 Å². The second kappa shape index (κ2) is 6.32.